The van der Waals surface area contributed by atoms with E-state index in [0.29, 0.717) is 28.5 Å². The van der Waals surface area contributed by atoms with Gasteiger partial charge in [-0.3, -0.25) is 4.57 Å². The van der Waals surface area contributed by atoms with Gasteiger partial charge in [0.1, 0.15) is 5.82 Å². The Bertz CT molecular complexity index is 1150. The Kier molecular flexibility index (Phi) is 3.44. The molecule has 8 nitrogen and oxygen atoms in total. The summed E-state index contributed by atoms with van der Waals surface area (Å²) >= 11 is 1.10. The van der Waals surface area contributed by atoms with Crippen LogP contribution in [0.15, 0.2) is 27.9 Å². The van der Waals surface area contributed by atoms with Crippen molar-refractivity contribution in [1.82, 2.24) is 18.5 Å². The van der Waals surface area contributed by atoms with Gasteiger partial charge >= 0.3 is 5.69 Å². The third-order valence-electron chi connectivity index (χ3n) is 4.58. The number of hydrogen-bond acceptors (Lipinski definition) is 6. The Morgan fingerprint density at radius 3 is 2.60 bits per heavy atom. The summed E-state index contributed by atoms with van der Waals surface area (Å²) in [5.41, 5.74) is 1.000. The van der Waals surface area contributed by atoms with Crippen molar-refractivity contribution < 1.29 is 8.42 Å². The van der Waals surface area contributed by atoms with Gasteiger partial charge in [0.15, 0.2) is 0 Å². The maximum atomic E-state index is 13.0. The Balaban J connectivity index is 2.03. The number of rotatable bonds is 4. The van der Waals surface area contributed by atoms with Gasteiger partial charge in [-0.05, 0) is 43.4 Å². The first-order chi connectivity index (χ1) is 11.7. The van der Waals surface area contributed by atoms with Crippen LogP contribution in [0.3, 0.4) is 0 Å². The third-order valence-corrected chi connectivity index (χ3v) is 6.28. The lowest BCUT2D eigenvalue weighted by Crippen LogP contribution is -2.25. The number of sulfonamides is 1. The largest absolute Gasteiger partial charge is 0.335 e. The summed E-state index contributed by atoms with van der Waals surface area (Å²) < 4.78 is 30.7. The Morgan fingerprint density at radius 1 is 1.32 bits per heavy atom. The molecule has 0 amide bonds. The highest BCUT2D eigenvalue weighted by Crippen LogP contribution is 2.46. The lowest BCUT2D eigenvalue weighted by molar-refractivity contribution is 0.462. The second kappa shape index (κ2) is 5.23. The molecule has 1 fully saturated rings. The van der Waals surface area contributed by atoms with E-state index in [0.717, 1.165) is 24.4 Å². The molecule has 1 saturated carbocycles. The van der Waals surface area contributed by atoms with Crippen LogP contribution < -0.4 is 10.8 Å². The molecule has 3 aromatic rings. The zero-order valence-electron chi connectivity index (χ0n) is 13.8. The van der Waals surface area contributed by atoms with Crippen molar-refractivity contribution in [3.8, 4) is 5.13 Å². The molecule has 0 aliphatic heterocycles. The Hall–Kier alpha value is -2.04. The van der Waals surface area contributed by atoms with E-state index in [4.69, 9.17) is 5.14 Å². The van der Waals surface area contributed by atoms with E-state index >= 15 is 0 Å². The summed E-state index contributed by atoms with van der Waals surface area (Å²) in [6, 6.07) is 4.49. The summed E-state index contributed by atoms with van der Waals surface area (Å²) in [4.78, 5) is 17.3. The van der Waals surface area contributed by atoms with Crippen LogP contribution in [0.5, 0.6) is 0 Å². The summed E-state index contributed by atoms with van der Waals surface area (Å²) in [5.74, 6) is 0.560. The van der Waals surface area contributed by atoms with Gasteiger partial charge in [-0.25, -0.2) is 27.9 Å². The fourth-order valence-corrected chi connectivity index (χ4v) is 4.10. The molecule has 132 valence electrons. The lowest BCUT2D eigenvalue weighted by Gasteiger charge is -2.09. The van der Waals surface area contributed by atoms with Gasteiger partial charge in [0.25, 0.3) is 0 Å². The standard InChI is InChI=1S/C15H17N5O3S2/c1-9-17-13(24-18-9)20-12-7-10(25(16,22)23)3-4-11(12)19(14(20)21)8-15(2)5-6-15/h3-4,7H,5-6,8H2,1-2H3,(H2,16,22,23). The van der Waals surface area contributed by atoms with Crippen LogP contribution in [0.25, 0.3) is 16.2 Å². The van der Waals surface area contributed by atoms with Gasteiger partial charge in [-0.2, -0.15) is 4.37 Å². The number of fused-ring (bicyclic) bond motifs is 1. The van der Waals surface area contributed by atoms with Crippen LogP contribution in [0, 0.1) is 12.3 Å². The van der Waals surface area contributed by atoms with Crippen molar-refractivity contribution in [3.63, 3.8) is 0 Å². The minimum absolute atomic E-state index is 0.0372. The molecule has 2 aromatic heterocycles. The number of hydrogen-bond donors (Lipinski definition) is 1. The smallest absolute Gasteiger partial charge is 0.291 e. The van der Waals surface area contributed by atoms with E-state index in [9.17, 15) is 13.2 Å². The number of nitrogens with zero attached hydrogens (tertiary/aromatic N) is 4. The second-order valence-electron chi connectivity index (χ2n) is 6.83. The Labute approximate surface area is 148 Å². The maximum Gasteiger partial charge on any atom is 0.335 e. The SMILES string of the molecule is Cc1nsc(-n2c(=O)n(CC3(C)CC3)c3ccc(S(N)(=O)=O)cc32)n1. The monoisotopic (exact) mass is 379 g/mol. The average molecular weight is 379 g/mol. The second-order valence-corrected chi connectivity index (χ2v) is 9.13. The van der Waals surface area contributed by atoms with Crippen LogP contribution in [0.1, 0.15) is 25.6 Å². The molecule has 0 saturated heterocycles. The Morgan fingerprint density at radius 2 is 2.04 bits per heavy atom. The highest BCUT2D eigenvalue weighted by molar-refractivity contribution is 7.89. The van der Waals surface area contributed by atoms with E-state index in [-0.39, 0.29) is 16.0 Å². The molecule has 0 spiro atoms. The minimum Gasteiger partial charge on any atom is -0.291 e. The van der Waals surface area contributed by atoms with Crippen molar-refractivity contribution >= 4 is 32.6 Å². The molecule has 0 unspecified atom stereocenters. The van der Waals surface area contributed by atoms with E-state index in [1.54, 1.807) is 17.6 Å². The van der Waals surface area contributed by atoms with E-state index < -0.39 is 10.0 Å². The van der Waals surface area contributed by atoms with Crippen molar-refractivity contribution in [1.29, 1.82) is 0 Å². The van der Waals surface area contributed by atoms with Gasteiger partial charge in [0.2, 0.25) is 15.2 Å². The number of aromatic nitrogens is 4. The molecule has 10 heteroatoms. The average Bonchev–Trinajstić information content (AvgIpc) is 3.00. The zero-order chi connectivity index (χ0) is 18.0. The van der Waals surface area contributed by atoms with Crippen molar-refractivity contribution in [3.05, 3.63) is 34.5 Å². The quantitative estimate of drug-likeness (QED) is 0.736. The summed E-state index contributed by atoms with van der Waals surface area (Å²) in [5, 5.41) is 5.67. The van der Waals surface area contributed by atoms with Crippen LogP contribution >= 0.6 is 11.5 Å². The fraction of sp³-hybridized carbons (Fsp3) is 0.400. The van der Waals surface area contributed by atoms with Crippen molar-refractivity contribution in [2.24, 2.45) is 10.6 Å². The molecule has 0 radical (unpaired) electrons. The molecule has 1 aromatic carbocycles. The zero-order valence-corrected chi connectivity index (χ0v) is 15.4. The van der Waals surface area contributed by atoms with Crippen LogP contribution in [-0.2, 0) is 16.6 Å². The van der Waals surface area contributed by atoms with Gasteiger partial charge in [-0.15, -0.1) is 0 Å². The number of nitrogens with two attached hydrogens (primary N) is 1. The van der Waals surface area contributed by atoms with Crippen molar-refractivity contribution in [2.45, 2.75) is 38.1 Å². The molecule has 1 aliphatic carbocycles. The van der Waals surface area contributed by atoms with Gasteiger partial charge in [0, 0.05) is 18.1 Å². The molecule has 2 heterocycles. The molecule has 0 atom stereocenters. The summed E-state index contributed by atoms with van der Waals surface area (Å²) in [6.45, 7) is 4.46. The summed E-state index contributed by atoms with van der Waals surface area (Å²) in [6.07, 6.45) is 2.14. The number of primary sulfonamides is 1. The summed E-state index contributed by atoms with van der Waals surface area (Å²) in [7, 11) is -3.87. The van der Waals surface area contributed by atoms with Gasteiger partial charge in [-0.1, -0.05) is 6.92 Å². The maximum absolute atomic E-state index is 13.0. The van der Waals surface area contributed by atoms with Crippen LogP contribution in [0.2, 0.25) is 0 Å². The predicted molar refractivity (Wildman–Crippen MR) is 94.5 cm³/mol. The number of aryl methyl sites for hydroxylation is 1. The predicted octanol–water partition coefficient (Wildman–Crippen LogP) is 1.40. The first kappa shape index (κ1) is 16.4. The van der Waals surface area contributed by atoms with Crippen molar-refractivity contribution in [2.75, 3.05) is 0 Å². The highest BCUT2D eigenvalue weighted by atomic mass is 32.2. The molecule has 0 bridgehead atoms. The lowest BCUT2D eigenvalue weighted by atomic mass is 10.1. The molecule has 25 heavy (non-hydrogen) atoms. The van der Waals surface area contributed by atoms with E-state index in [1.807, 2.05) is 0 Å². The molecule has 2 N–H and O–H groups in total. The van der Waals surface area contributed by atoms with Gasteiger partial charge in [0.05, 0.1) is 15.9 Å². The normalized spacial score (nSPS) is 16.4. The molecule has 1 aliphatic rings. The number of imidazole rings is 1. The van der Waals surface area contributed by atoms with Gasteiger partial charge < -0.3 is 0 Å². The molecule has 4 rings (SSSR count). The fourth-order valence-electron chi connectivity index (χ4n) is 2.88. The van der Waals surface area contributed by atoms with E-state index in [2.05, 4.69) is 16.3 Å². The first-order valence-electron chi connectivity index (χ1n) is 7.77. The molecular formula is C15H17N5O3S2. The minimum atomic E-state index is -3.87. The first-order valence-corrected chi connectivity index (χ1v) is 10.1. The topological polar surface area (TPSA) is 113 Å². The number of benzene rings is 1. The van der Waals surface area contributed by atoms with Crippen LogP contribution in [-0.4, -0.2) is 26.9 Å². The molecular weight excluding hydrogens is 362 g/mol. The third kappa shape index (κ3) is 2.79. The van der Waals surface area contributed by atoms with E-state index in [1.165, 1.54) is 16.7 Å². The highest BCUT2D eigenvalue weighted by Gasteiger charge is 2.38. The van der Waals surface area contributed by atoms with Crippen LogP contribution in [0.4, 0.5) is 0 Å².